The molecule has 0 saturated carbocycles. The lowest BCUT2D eigenvalue weighted by molar-refractivity contribution is 0.426. The molecular weight excluding hydrogens is 158 g/mol. The van der Waals surface area contributed by atoms with E-state index in [0.29, 0.717) is 0 Å². The first kappa shape index (κ1) is 10.5. The summed E-state index contributed by atoms with van der Waals surface area (Å²) in [6.45, 7) is 10.9. The SMILES string of the molecule is CC1=CC=C(C(C)(C)C)CC1(C)N.[HH]. The highest BCUT2D eigenvalue weighted by molar-refractivity contribution is 5.34. The van der Waals surface area contributed by atoms with Crippen molar-refractivity contribution in [2.75, 3.05) is 0 Å². The van der Waals surface area contributed by atoms with Crippen molar-refractivity contribution in [2.45, 2.75) is 46.6 Å². The minimum atomic E-state index is -0.142. The summed E-state index contributed by atoms with van der Waals surface area (Å²) in [4.78, 5) is 0. The van der Waals surface area contributed by atoms with Crippen LogP contribution in [0.25, 0.3) is 0 Å². The number of nitrogens with two attached hydrogens (primary N) is 1. The third-order valence-corrected chi connectivity index (χ3v) is 2.96. The van der Waals surface area contributed by atoms with E-state index < -0.39 is 0 Å². The van der Waals surface area contributed by atoms with E-state index in [2.05, 4.69) is 46.8 Å². The Balaban J connectivity index is 0.00000169. The van der Waals surface area contributed by atoms with Crippen LogP contribution in [0.15, 0.2) is 23.3 Å². The van der Waals surface area contributed by atoms with Crippen molar-refractivity contribution in [3.8, 4) is 0 Å². The molecule has 0 aromatic carbocycles. The van der Waals surface area contributed by atoms with Crippen molar-refractivity contribution in [1.82, 2.24) is 0 Å². The Morgan fingerprint density at radius 1 is 1.38 bits per heavy atom. The minimum Gasteiger partial charge on any atom is -0.322 e. The summed E-state index contributed by atoms with van der Waals surface area (Å²) in [6, 6.07) is 0. The summed E-state index contributed by atoms with van der Waals surface area (Å²) in [5, 5.41) is 0. The van der Waals surface area contributed by atoms with Crippen LogP contribution in [-0.4, -0.2) is 5.54 Å². The molecule has 0 heterocycles. The molecule has 1 heteroatoms. The van der Waals surface area contributed by atoms with Gasteiger partial charge in [0.1, 0.15) is 0 Å². The summed E-state index contributed by atoms with van der Waals surface area (Å²) in [5.41, 5.74) is 9.03. The number of rotatable bonds is 0. The zero-order chi connectivity index (χ0) is 10.3. The van der Waals surface area contributed by atoms with Gasteiger partial charge in [0.2, 0.25) is 0 Å². The van der Waals surface area contributed by atoms with Crippen molar-refractivity contribution < 1.29 is 1.43 Å². The van der Waals surface area contributed by atoms with Crippen LogP contribution in [0.5, 0.6) is 0 Å². The molecule has 0 aliphatic heterocycles. The molecule has 76 valence electrons. The highest BCUT2D eigenvalue weighted by atomic mass is 14.7. The summed E-state index contributed by atoms with van der Waals surface area (Å²) >= 11 is 0. The Labute approximate surface area is 83.2 Å². The molecule has 0 fully saturated rings. The Morgan fingerprint density at radius 2 is 1.92 bits per heavy atom. The van der Waals surface area contributed by atoms with E-state index in [1.165, 1.54) is 11.1 Å². The largest absolute Gasteiger partial charge is 0.322 e. The van der Waals surface area contributed by atoms with E-state index in [1.807, 2.05) is 0 Å². The van der Waals surface area contributed by atoms with Gasteiger partial charge in [-0.2, -0.15) is 0 Å². The van der Waals surface area contributed by atoms with Gasteiger partial charge in [-0.05, 0) is 25.7 Å². The van der Waals surface area contributed by atoms with E-state index in [9.17, 15) is 0 Å². The van der Waals surface area contributed by atoms with Crippen LogP contribution in [0.4, 0.5) is 0 Å². The van der Waals surface area contributed by atoms with Crippen LogP contribution in [-0.2, 0) is 0 Å². The molecule has 2 N–H and O–H groups in total. The quantitative estimate of drug-likeness (QED) is 0.610. The fourth-order valence-corrected chi connectivity index (χ4v) is 1.53. The van der Waals surface area contributed by atoms with Gasteiger partial charge in [-0.25, -0.2) is 0 Å². The monoisotopic (exact) mass is 181 g/mol. The van der Waals surface area contributed by atoms with Crippen molar-refractivity contribution in [1.29, 1.82) is 0 Å². The molecule has 0 saturated heterocycles. The average molecular weight is 181 g/mol. The second-order valence-corrected chi connectivity index (χ2v) is 5.39. The van der Waals surface area contributed by atoms with Gasteiger partial charge in [0.15, 0.2) is 0 Å². The molecule has 1 atom stereocenters. The lowest BCUT2D eigenvalue weighted by Crippen LogP contribution is -2.40. The molecule has 0 spiro atoms. The van der Waals surface area contributed by atoms with E-state index >= 15 is 0 Å². The van der Waals surface area contributed by atoms with Crippen molar-refractivity contribution in [2.24, 2.45) is 11.1 Å². The van der Waals surface area contributed by atoms with E-state index in [0.717, 1.165) is 6.42 Å². The maximum atomic E-state index is 6.20. The van der Waals surface area contributed by atoms with Crippen LogP contribution in [0.1, 0.15) is 42.5 Å². The van der Waals surface area contributed by atoms with Gasteiger partial charge >= 0.3 is 0 Å². The molecule has 1 aliphatic carbocycles. The van der Waals surface area contributed by atoms with E-state index in [1.54, 1.807) is 0 Å². The smallest absolute Gasteiger partial charge is 0.0378 e. The van der Waals surface area contributed by atoms with Gasteiger partial charge in [-0.3, -0.25) is 0 Å². The van der Waals surface area contributed by atoms with Crippen molar-refractivity contribution >= 4 is 0 Å². The fraction of sp³-hybridized carbons (Fsp3) is 0.667. The highest BCUT2D eigenvalue weighted by Gasteiger charge is 2.29. The first-order valence-electron chi connectivity index (χ1n) is 4.91. The first-order valence-corrected chi connectivity index (χ1v) is 4.91. The maximum absolute atomic E-state index is 6.20. The molecule has 13 heavy (non-hydrogen) atoms. The van der Waals surface area contributed by atoms with Gasteiger partial charge < -0.3 is 5.73 Å². The van der Waals surface area contributed by atoms with Gasteiger partial charge in [0.25, 0.3) is 0 Å². The Bertz CT molecular complexity index is 267. The fourth-order valence-electron chi connectivity index (χ4n) is 1.53. The predicted octanol–water partition coefficient (Wildman–Crippen LogP) is 3.27. The molecule has 0 aromatic rings. The van der Waals surface area contributed by atoms with Gasteiger partial charge in [0, 0.05) is 6.97 Å². The van der Waals surface area contributed by atoms with Crippen LogP contribution in [0, 0.1) is 5.41 Å². The lowest BCUT2D eigenvalue weighted by Gasteiger charge is -2.35. The normalized spacial score (nSPS) is 29.7. The van der Waals surface area contributed by atoms with Crippen molar-refractivity contribution in [3.63, 3.8) is 0 Å². The van der Waals surface area contributed by atoms with Crippen LogP contribution in [0.2, 0.25) is 0 Å². The molecule has 1 unspecified atom stereocenters. The molecule has 0 aromatic heterocycles. The van der Waals surface area contributed by atoms with E-state index in [4.69, 9.17) is 5.73 Å². The molecular formula is C12H23N. The maximum Gasteiger partial charge on any atom is 0.0378 e. The predicted molar refractivity (Wildman–Crippen MR) is 60.6 cm³/mol. The third-order valence-electron chi connectivity index (χ3n) is 2.96. The van der Waals surface area contributed by atoms with Gasteiger partial charge in [-0.1, -0.05) is 44.1 Å². The van der Waals surface area contributed by atoms with Crippen LogP contribution in [0.3, 0.4) is 0 Å². The average Bonchev–Trinajstić information content (AvgIpc) is 1.92. The minimum absolute atomic E-state index is 0. The highest BCUT2D eigenvalue weighted by Crippen LogP contribution is 2.36. The summed E-state index contributed by atoms with van der Waals surface area (Å²) in [6.07, 6.45) is 5.37. The van der Waals surface area contributed by atoms with Gasteiger partial charge in [-0.15, -0.1) is 0 Å². The molecule has 0 amide bonds. The molecule has 1 nitrogen and oxygen atoms in total. The number of hydrogen-bond donors (Lipinski definition) is 1. The Kier molecular flexibility index (Phi) is 2.42. The van der Waals surface area contributed by atoms with Crippen LogP contribution >= 0.6 is 0 Å². The summed E-state index contributed by atoms with van der Waals surface area (Å²) in [5.74, 6) is 0. The topological polar surface area (TPSA) is 26.0 Å². The zero-order valence-corrected chi connectivity index (χ0v) is 9.44. The Hall–Kier alpha value is -0.560. The second kappa shape index (κ2) is 2.98. The molecule has 0 bridgehead atoms. The van der Waals surface area contributed by atoms with E-state index in [-0.39, 0.29) is 12.4 Å². The standard InChI is InChI=1S/C12H21N.H2/c1-9-6-7-10(11(2,3)4)8-12(9,5)13;/h6-7H,8,13H2,1-5H3;1H. The second-order valence-electron chi connectivity index (χ2n) is 5.39. The van der Waals surface area contributed by atoms with Crippen LogP contribution < -0.4 is 5.73 Å². The molecule has 1 aliphatic rings. The first-order chi connectivity index (χ1) is 5.73. The summed E-state index contributed by atoms with van der Waals surface area (Å²) in [7, 11) is 0. The third kappa shape index (κ3) is 2.22. The molecule has 0 radical (unpaired) electrons. The lowest BCUT2D eigenvalue weighted by atomic mass is 9.74. The summed E-state index contributed by atoms with van der Waals surface area (Å²) < 4.78 is 0. The number of allylic oxidation sites excluding steroid dienone is 2. The molecule has 1 rings (SSSR count). The van der Waals surface area contributed by atoms with Gasteiger partial charge in [0.05, 0.1) is 0 Å². The number of hydrogen-bond acceptors (Lipinski definition) is 1. The zero-order valence-electron chi connectivity index (χ0n) is 9.44. The van der Waals surface area contributed by atoms with Crippen molar-refractivity contribution in [3.05, 3.63) is 23.3 Å². The Morgan fingerprint density at radius 3 is 2.31 bits per heavy atom.